The Morgan fingerprint density at radius 2 is 2.00 bits per heavy atom. The number of amides is 1. The highest BCUT2D eigenvalue weighted by molar-refractivity contribution is 7.21. The minimum Gasteiger partial charge on any atom is -0.337 e. The van der Waals surface area contributed by atoms with E-state index in [-0.39, 0.29) is 11.8 Å². The Morgan fingerprint density at radius 3 is 2.89 bits per heavy atom. The van der Waals surface area contributed by atoms with Crippen LogP contribution in [-0.4, -0.2) is 38.5 Å². The molecule has 5 nitrogen and oxygen atoms in total. The maximum Gasteiger partial charge on any atom is 0.264 e. The van der Waals surface area contributed by atoms with Crippen LogP contribution in [0.2, 0.25) is 0 Å². The SMILES string of the molecule is Cc1c(C(=O)N2CCCC(c3nnc4ccccn34)C2)sc2ccccc12. The first-order valence-corrected chi connectivity index (χ1v) is 10.1. The molecule has 136 valence electrons. The van der Waals surface area contributed by atoms with Crippen LogP contribution in [0.1, 0.15) is 39.8 Å². The summed E-state index contributed by atoms with van der Waals surface area (Å²) in [5.74, 6) is 1.32. The van der Waals surface area contributed by atoms with Crippen LogP contribution in [0.5, 0.6) is 0 Å². The average Bonchev–Trinajstić information content (AvgIpc) is 3.29. The van der Waals surface area contributed by atoms with Crippen molar-refractivity contribution in [2.75, 3.05) is 13.1 Å². The highest BCUT2D eigenvalue weighted by Gasteiger charge is 2.30. The van der Waals surface area contributed by atoms with Crippen LogP contribution >= 0.6 is 11.3 Å². The minimum atomic E-state index is 0.146. The van der Waals surface area contributed by atoms with Gasteiger partial charge in [0.05, 0.1) is 4.88 Å². The summed E-state index contributed by atoms with van der Waals surface area (Å²) >= 11 is 1.60. The van der Waals surface area contributed by atoms with E-state index in [1.165, 1.54) is 10.1 Å². The predicted octanol–water partition coefficient (Wildman–Crippen LogP) is 4.27. The van der Waals surface area contributed by atoms with Gasteiger partial charge >= 0.3 is 0 Å². The predicted molar refractivity (Wildman–Crippen MR) is 107 cm³/mol. The van der Waals surface area contributed by atoms with Gasteiger partial charge in [-0.25, -0.2) is 0 Å². The molecule has 1 amide bonds. The second-order valence-corrected chi connectivity index (χ2v) is 8.18. The standard InChI is InChI=1S/C21H20N4OS/c1-14-16-8-2-3-9-17(16)27-19(14)21(26)24-11-6-7-15(13-24)20-23-22-18-10-4-5-12-25(18)20/h2-5,8-10,12,15H,6-7,11,13H2,1H3. The molecular formula is C21H20N4OS. The number of carbonyl (C=O) groups is 1. The summed E-state index contributed by atoms with van der Waals surface area (Å²) in [6, 6.07) is 14.2. The first-order valence-electron chi connectivity index (χ1n) is 9.29. The molecule has 6 heteroatoms. The van der Waals surface area contributed by atoms with Crippen LogP contribution in [0.3, 0.4) is 0 Å². The van der Waals surface area contributed by atoms with Crippen molar-refractivity contribution in [3.05, 3.63) is 64.9 Å². The summed E-state index contributed by atoms with van der Waals surface area (Å²) in [6.45, 7) is 3.56. The smallest absolute Gasteiger partial charge is 0.264 e. The number of likely N-dealkylation sites (tertiary alicyclic amines) is 1. The Labute approximate surface area is 161 Å². The molecule has 0 saturated carbocycles. The van der Waals surface area contributed by atoms with Crippen LogP contribution < -0.4 is 0 Å². The number of hydrogen-bond donors (Lipinski definition) is 0. The van der Waals surface area contributed by atoms with Gasteiger partial charge in [-0.1, -0.05) is 24.3 Å². The fourth-order valence-corrected chi connectivity index (χ4v) is 5.21. The van der Waals surface area contributed by atoms with E-state index in [9.17, 15) is 4.79 Å². The summed E-state index contributed by atoms with van der Waals surface area (Å²) in [5, 5.41) is 9.88. The molecule has 3 aromatic heterocycles. The Bertz CT molecular complexity index is 1150. The van der Waals surface area contributed by atoms with Crippen molar-refractivity contribution in [2.45, 2.75) is 25.7 Å². The maximum absolute atomic E-state index is 13.3. The molecule has 0 spiro atoms. The summed E-state index contributed by atoms with van der Waals surface area (Å²) in [7, 11) is 0. The summed E-state index contributed by atoms with van der Waals surface area (Å²) in [4.78, 5) is 16.1. The fourth-order valence-electron chi connectivity index (χ4n) is 4.03. The van der Waals surface area contributed by atoms with Gasteiger partial charge in [-0.3, -0.25) is 9.20 Å². The molecule has 1 fully saturated rings. The number of rotatable bonds is 2. The van der Waals surface area contributed by atoms with Crippen molar-refractivity contribution in [2.24, 2.45) is 0 Å². The molecule has 1 aliphatic heterocycles. The number of benzene rings is 1. The van der Waals surface area contributed by atoms with Crippen molar-refractivity contribution in [3.63, 3.8) is 0 Å². The molecule has 0 bridgehead atoms. The van der Waals surface area contributed by atoms with Gasteiger partial charge in [0.15, 0.2) is 5.65 Å². The lowest BCUT2D eigenvalue weighted by atomic mass is 9.97. The zero-order valence-electron chi connectivity index (χ0n) is 15.1. The van der Waals surface area contributed by atoms with Crippen molar-refractivity contribution < 1.29 is 4.79 Å². The molecule has 0 radical (unpaired) electrons. The van der Waals surface area contributed by atoms with Crippen LogP contribution in [0.4, 0.5) is 0 Å². The number of thiophene rings is 1. The largest absolute Gasteiger partial charge is 0.337 e. The van der Waals surface area contributed by atoms with Crippen molar-refractivity contribution in [3.8, 4) is 0 Å². The van der Waals surface area contributed by atoms with Gasteiger partial charge in [-0.2, -0.15) is 0 Å². The first kappa shape index (κ1) is 16.4. The van der Waals surface area contributed by atoms with Crippen molar-refractivity contribution in [1.82, 2.24) is 19.5 Å². The number of piperidine rings is 1. The Balaban J connectivity index is 1.45. The minimum absolute atomic E-state index is 0.146. The molecule has 1 unspecified atom stereocenters. The van der Waals surface area contributed by atoms with Gasteiger partial charge in [-0.15, -0.1) is 21.5 Å². The van der Waals surface area contributed by atoms with E-state index < -0.39 is 0 Å². The number of pyridine rings is 1. The lowest BCUT2D eigenvalue weighted by Crippen LogP contribution is -2.39. The molecule has 1 aliphatic rings. The first-order chi connectivity index (χ1) is 13.2. The molecule has 4 heterocycles. The van der Waals surface area contributed by atoms with E-state index >= 15 is 0 Å². The highest BCUT2D eigenvalue weighted by Crippen LogP contribution is 2.33. The average molecular weight is 376 g/mol. The fraction of sp³-hybridized carbons (Fsp3) is 0.286. The molecule has 1 aromatic carbocycles. The second-order valence-electron chi connectivity index (χ2n) is 7.13. The van der Waals surface area contributed by atoms with Gasteiger partial charge < -0.3 is 4.90 Å². The Hall–Kier alpha value is -2.73. The van der Waals surface area contributed by atoms with E-state index in [1.807, 2.05) is 45.8 Å². The summed E-state index contributed by atoms with van der Waals surface area (Å²) < 4.78 is 3.22. The van der Waals surface area contributed by atoms with Gasteiger partial charge in [-0.05, 0) is 48.9 Å². The lowest BCUT2D eigenvalue weighted by Gasteiger charge is -2.31. The number of nitrogens with zero attached hydrogens (tertiary/aromatic N) is 4. The van der Waals surface area contributed by atoms with Crippen LogP contribution in [-0.2, 0) is 0 Å². The van der Waals surface area contributed by atoms with E-state index in [1.54, 1.807) is 11.3 Å². The molecule has 5 rings (SSSR count). The molecule has 27 heavy (non-hydrogen) atoms. The summed E-state index contributed by atoms with van der Waals surface area (Å²) in [6.07, 6.45) is 4.02. The zero-order chi connectivity index (χ0) is 18.4. The third-order valence-electron chi connectivity index (χ3n) is 5.45. The van der Waals surface area contributed by atoms with E-state index in [0.717, 1.165) is 41.3 Å². The monoisotopic (exact) mass is 376 g/mol. The van der Waals surface area contributed by atoms with Crippen molar-refractivity contribution in [1.29, 1.82) is 0 Å². The normalized spacial score (nSPS) is 17.7. The molecule has 1 atom stereocenters. The van der Waals surface area contributed by atoms with Gasteiger partial charge in [0.2, 0.25) is 0 Å². The number of fused-ring (bicyclic) bond motifs is 2. The van der Waals surface area contributed by atoms with Crippen molar-refractivity contribution >= 4 is 33.0 Å². The third-order valence-corrected chi connectivity index (χ3v) is 6.71. The van der Waals surface area contributed by atoms with Gasteiger partial charge in [0, 0.05) is 29.9 Å². The number of hydrogen-bond acceptors (Lipinski definition) is 4. The molecule has 1 saturated heterocycles. The van der Waals surface area contributed by atoms with Crippen LogP contribution in [0.25, 0.3) is 15.7 Å². The maximum atomic E-state index is 13.3. The summed E-state index contributed by atoms with van der Waals surface area (Å²) in [5.41, 5.74) is 1.95. The van der Waals surface area contributed by atoms with Crippen LogP contribution in [0.15, 0.2) is 48.7 Å². The molecule has 4 aromatic rings. The Morgan fingerprint density at radius 1 is 1.15 bits per heavy atom. The van der Waals surface area contributed by atoms with Gasteiger partial charge in [0.25, 0.3) is 5.91 Å². The van der Waals surface area contributed by atoms with E-state index in [0.29, 0.717) is 6.54 Å². The molecule has 0 N–H and O–H groups in total. The van der Waals surface area contributed by atoms with Gasteiger partial charge in [0.1, 0.15) is 5.82 Å². The molecular weight excluding hydrogens is 356 g/mol. The third kappa shape index (κ3) is 2.72. The second kappa shape index (κ2) is 6.46. The van der Waals surface area contributed by atoms with E-state index in [2.05, 4.69) is 29.3 Å². The molecule has 0 aliphatic carbocycles. The number of aryl methyl sites for hydroxylation is 1. The van der Waals surface area contributed by atoms with Crippen LogP contribution in [0, 0.1) is 6.92 Å². The topological polar surface area (TPSA) is 50.5 Å². The zero-order valence-corrected chi connectivity index (χ0v) is 15.9. The highest BCUT2D eigenvalue weighted by atomic mass is 32.1. The Kier molecular flexibility index (Phi) is 3.93. The number of carbonyl (C=O) groups excluding carboxylic acids is 1. The lowest BCUT2D eigenvalue weighted by molar-refractivity contribution is 0.0708. The van der Waals surface area contributed by atoms with E-state index in [4.69, 9.17) is 0 Å². The number of aromatic nitrogens is 3. The quantitative estimate of drug-likeness (QED) is 0.525.